The van der Waals surface area contributed by atoms with E-state index < -0.39 is 15.8 Å². The maximum Gasteiger partial charge on any atom is 0.330 e. The van der Waals surface area contributed by atoms with Crippen LogP contribution in [-0.2, 0) is 32.2 Å². The van der Waals surface area contributed by atoms with Gasteiger partial charge in [0.15, 0.2) is 9.84 Å². The number of nitrogens with zero attached hydrogens (tertiary/aromatic N) is 1. The minimum Gasteiger partial charge on any atom is -0.463 e. The fourth-order valence-corrected chi connectivity index (χ4v) is 6.37. The quantitative estimate of drug-likeness (QED) is 0.176. The van der Waals surface area contributed by atoms with Gasteiger partial charge >= 0.3 is 5.97 Å². The molecule has 0 fully saturated rings. The highest BCUT2D eigenvalue weighted by Gasteiger charge is 2.23. The fourth-order valence-electron chi connectivity index (χ4n) is 5.00. The Kier molecular flexibility index (Phi) is 8.45. The molecule has 0 atom stereocenters. The summed E-state index contributed by atoms with van der Waals surface area (Å²) in [6.45, 7) is 6.05. The Hall–Kier alpha value is -2.86. The molecule has 4 rings (SSSR count). The van der Waals surface area contributed by atoms with Crippen molar-refractivity contribution >= 4 is 33.6 Å². The van der Waals surface area contributed by atoms with Crippen molar-refractivity contribution in [3.05, 3.63) is 71.3 Å². The molecule has 0 amide bonds. The lowest BCUT2D eigenvalue weighted by Gasteiger charge is -2.37. The number of hydrogen-bond donors (Lipinski definition) is 0. The summed E-state index contributed by atoms with van der Waals surface area (Å²) in [6.07, 6.45) is 13.0. The summed E-state index contributed by atoms with van der Waals surface area (Å²) < 4.78 is 30.3. The van der Waals surface area contributed by atoms with Crippen LogP contribution >= 0.6 is 0 Å². The summed E-state index contributed by atoms with van der Waals surface area (Å²) in [6, 6.07) is 11.8. The third-order valence-electron chi connectivity index (χ3n) is 6.78. The normalized spacial score (nSPS) is 15.1. The molecule has 0 aromatic heterocycles. The molecule has 5 nitrogen and oxygen atoms in total. The van der Waals surface area contributed by atoms with E-state index in [1.807, 2.05) is 12.1 Å². The Labute approximate surface area is 209 Å². The molecule has 0 radical (unpaired) electrons. The first-order valence-corrected chi connectivity index (χ1v) is 14.3. The molecule has 2 aliphatic rings. The van der Waals surface area contributed by atoms with Crippen molar-refractivity contribution in [2.24, 2.45) is 0 Å². The second-order valence-corrected chi connectivity index (χ2v) is 11.5. The fraction of sp³-hybridized carbons (Fsp3) is 0.414. The molecule has 2 heterocycles. The average Bonchev–Trinajstić information content (AvgIpc) is 2.87. The molecule has 6 heteroatoms. The number of carbonyl (C=O) groups excluding carboxylic acids is 1. The lowest BCUT2D eigenvalue weighted by atomic mass is 9.90. The Morgan fingerprint density at radius 1 is 0.914 bits per heavy atom. The average molecular weight is 494 g/mol. The highest BCUT2D eigenvalue weighted by atomic mass is 32.2. The molecule has 0 N–H and O–H groups in total. The zero-order valence-corrected chi connectivity index (χ0v) is 21.2. The number of hydrogen-bond acceptors (Lipinski definition) is 5. The first-order chi connectivity index (χ1) is 17.0. The second-order valence-electron chi connectivity index (χ2n) is 9.39. The summed E-state index contributed by atoms with van der Waals surface area (Å²) in [5.74, 6) is -0.293. The molecule has 35 heavy (non-hydrogen) atoms. The van der Waals surface area contributed by atoms with Gasteiger partial charge in [-0.1, -0.05) is 43.7 Å². The van der Waals surface area contributed by atoms with Gasteiger partial charge in [0.1, 0.15) is 0 Å². The lowest BCUT2D eigenvalue weighted by Crippen LogP contribution is -2.34. The van der Waals surface area contributed by atoms with E-state index in [4.69, 9.17) is 4.74 Å². The van der Waals surface area contributed by atoms with Crippen LogP contribution in [0.25, 0.3) is 12.2 Å². The van der Waals surface area contributed by atoms with Gasteiger partial charge in [-0.25, -0.2) is 13.2 Å². The third kappa shape index (κ3) is 6.63. The monoisotopic (exact) mass is 493 g/mol. The highest BCUT2D eigenvalue weighted by Crippen LogP contribution is 2.36. The van der Waals surface area contributed by atoms with Crippen LogP contribution in [-0.4, -0.2) is 39.8 Å². The summed E-state index contributed by atoms with van der Waals surface area (Å²) in [7, 11) is -3.30. The van der Waals surface area contributed by atoms with Crippen molar-refractivity contribution in [1.82, 2.24) is 0 Å². The summed E-state index contributed by atoms with van der Waals surface area (Å²) in [4.78, 5) is 13.9. The van der Waals surface area contributed by atoms with Gasteiger partial charge in [-0.2, -0.15) is 0 Å². The summed E-state index contributed by atoms with van der Waals surface area (Å²) in [5, 5.41) is 0. The maximum atomic E-state index is 12.7. The molecular formula is C29H35NO4S. The Morgan fingerprint density at radius 3 is 2.20 bits per heavy atom. The van der Waals surface area contributed by atoms with Crippen molar-refractivity contribution in [3.8, 4) is 0 Å². The lowest BCUT2D eigenvalue weighted by molar-refractivity contribution is -0.137. The van der Waals surface area contributed by atoms with E-state index in [2.05, 4.69) is 35.8 Å². The number of esters is 1. The number of benzene rings is 2. The van der Waals surface area contributed by atoms with Gasteiger partial charge < -0.3 is 9.64 Å². The van der Waals surface area contributed by atoms with Gasteiger partial charge in [-0.05, 0) is 85.0 Å². The summed E-state index contributed by atoms with van der Waals surface area (Å²) >= 11 is 0. The number of ether oxygens (including phenoxy) is 1. The minimum absolute atomic E-state index is 0.129. The van der Waals surface area contributed by atoms with Gasteiger partial charge in [-0.15, -0.1) is 0 Å². The maximum absolute atomic E-state index is 12.7. The molecule has 0 saturated heterocycles. The standard InChI is InChI=1S/C29H35NO4S/c1-2-28(31)34-19-5-3-4-6-20-35(32,33)27-15-13-23(14-16-27)11-12-24-21-25-9-7-17-30-18-8-10-26(22-24)29(25)30/h2,11-16,21-22H,1,3-10,17-20H2. The Morgan fingerprint density at radius 2 is 1.54 bits per heavy atom. The molecule has 0 spiro atoms. The van der Waals surface area contributed by atoms with Crippen LogP contribution in [0, 0.1) is 0 Å². The van der Waals surface area contributed by atoms with E-state index >= 15 is 0 Å². The molecular weight excluding hydrogens is 458 g/mol. The van der Waals surface area contributed by atoms with Crippen molar-refractivity contribution in [2.45, 2.75) is 56.3 Å². The first kappa shape index (κ1) is 25.2. The molecule has 2 aromatic carbocycles. The SMILES string of the molecule is C=CC(=O)OCCCCCCS(=O)(=O)c1ccc(C=Cc2cc3c4c(c2)CCCN4CCC3)cc1. The minimum atomic E-state index is -3.30. The molecule has 186 valence electrons. The number of carbonyl (C=O) groups is 1. The Bertz CT molecular complexity index is 1150. The van der Waals surface area contributed by atoms with Crippen molar-refractivity contribution < 1.29 is 17.9 Å². The molecule has 2 aromatic rings. The van der Waals surface area contributed by atoms with Crippen molar-refractivity contribution in [3.63, 3.8) is 0 Å². The number of sulfone groups is 1. The molecule has 0 saturated carbocycles. The second kappa shape index (κ2) is 11.7. The van der Waals surface area contributed by atoms with E-state index in [9.17, 15) is 13.2 Å². The zero-order chi connectivity index (χ0) is 24.7. The van der Waals surface area contributed by atoms with Crippen molar-refractivity contribution in [1.29, 1.82) is 0 Å². The van der Waals surface area contributed by atoms with Crippen LogP contribution in [0.5, 0.6) is 0 Å². The zero-order valence-electron chi connectivity index (χ0n) is 20.4. The van der Waals surface area contributed by atoms with Crippen LogP contribution in [0.15, 0.2) is 53.9 Å². The molecule has 2 aliphatic heterocycles. The Balaban J connectivity index is 1.30. The first-order valence-electron chi connectivity index (χ1n) is 12.7. The smallest absolute Gasteiger partial charge is 0.330 e. The van der Waals surface area contributed by atoms with E-state index in [0.717, 1.165) is 43.7 Å². The van der Waals surface area contributed by atoms with Crippen molar-refractivity contribution in [2.75, 3.05) is 30.3 Å². The predicted octanol–water partition coefficient (Wildman–Crippen LogP) is 5.62. The van der Waals surface area contributed by atoms with E-state index in [0.29, 0.717) is 17.9 Å². The number of unbranched alkanes of at least 4 members (excludes halogenated alkanes) is 3. The topological polar surface area (TPSA) is 63.7 Å². The number of aryl methyl sites for hydroxylation is 2. The van der Waals surface area contributed by atoms with Gasteiger partial charge in [0.2, 0.25) is 0 Å². The van der Waals surface area contributed by atoms with Gasteiger partial charge in [0.05, 0.1) is 17.3 Å². The molecule has 0 aliphatic carbocycles. The number of anilines is 1. The predicted molar refractivity (Wildman–Crippen MR) is 142 cm³/mol. The van der Waals surface area contributed by atoms with E-state index in [-0.39, 0.29) is 5.75 Å². The third-order valence-corrected chi connectivity index (χ3v) is 8.60. The van der Waals surface area contributed by atoms with Crippen LogP contribution in [0.1, 0.15) is 60.8 Å². The molecule has 0 unspecified atom stereocenters. The van der Waals surface area contributed by atoms with Crippen LogP contribution in [0.3, 0.4) is 0 Å². The number of rotatable bonds is 11. The summed E-state index contributed by atoms with van der Waals surface area (Å²) in [5.41, 5.74) is 6.62. The van der Waals surface area contributed by atoms with Gasteiger partial charge in [0, 0.05) is 24.9 Å². The van der Waals surface area contributed by atoms with E-state index in [1.165, 1.54) is 48.3 Å². The largest absolute Gasteiger partial charge is 0.463 e. The van der Waals surface area contributed by atoms with Crippen LogP contribution in [0.4, 0.5) is 5.69 Å². The highest BCUT2D eigenvalue weighted by molar-refractivity contribution is 7.91. The van der Waals surface area contributed by atoms with Gasteiger partial charge in [-0.3, -0.25) is 0 Å². The van der Waals surface area contributed by atoms with E-state index in [1.54, 1.807) is 12.1 Å². The van der Waals surface area contributed by atoms with Crippen LogP contribution in [0.2, 0.25) is 0 Å². The van der Waals surface area contributed by atoms with Gasteiger partial charge in [0.25, 0.3) is 0 Å². The molecule has 0 bridgehead atoms. The van der Waals surface area contributed by atoms with Crippen LogP contribution < -0.4 is 4.90 Å².